The summed E-state index contributed by atoms with van der Waals surface area (Å²) in [5.41, 5.74) is 4.00. The summed E-state index contributed by atoms with van der Waals surface area (Å²) in [5.74, 6) is 0.707. The van der Waals surface area contributed by atoms with Crippen molar-refractivity contribution >= 4 is 28.5 Å². The lowest BCUT2D eigenvalue weighted by molar-refractivity contribution is 0.0982. The molecule has 6 nitrogen and oxygen atoms in total. The van der Waals surface area contributed by atoms with E-state index < -0.39 is 0 Å². The molecule has 0 amide bonds. The largest absolute Gasteiger partial charge is 0.338 e. The van der Waals surface area contributed by atoms with Gasteiger partial charge in [0.15, 0.2) is 22.8 Å². The van der Waals surface area contributed by atoms with Crippen LogP contribution in [0, 0.1) is 0 Å². The fourth-order valence-electron chi connectivity index (χ4n) is 3.19. The lowest BCUT2D eigenvalue weighted by atomic mass is 10.0. The molecule has 0 aliphatic rings. The number of anilines is 2. The summed E-state index contributed by atoms with van der Waals surface area (Å²) in [6.07, 6.45) is 4.62. The van der Waals surface area contributed by atoms with E-state index in [1.807, 2.05) is 54.0 Å². The van der Waals surface area contributed by atoms with Gasteiger partial charge in [0.2, 0.25) is 0 Å². The van der Waals surface area contributed by atoms with Gasteiger partial charge in [-0.15, -0.1) is 0 Å². The number of nitrogens with one attached hydrogen (secondary N) is 1. The number of hydrogen-bond acceptors (Lipinski definition) is 5. The zero-order valence-electron chi connectivity index (χ0n) is 15.7. The molecular formula is C22H21N5O. The van der Waals surface area contributed by atoms with Gasteiger partial charge in [0.1, 0.15) is 6.33 Å². The fraction of sp³-hybridized carbons (Fsp3) is 0.182. The van der Waals surface area contributed by atoms with Crippen LogP contribution in [0.4, 0.5) is 11.5 Å². The molecule has 6 heteroatoms. The zero-order chi connectivity index (χ0) is 19.3. The number of carbonyl (C=O) groups is 1. The van der Waals surface area contributed by atoms with Crippen molar-refractivity contribution in [2.75, 3.05) is 5.32 Å². The highest BCUT2D eigenvalue weighted by molar-refractivity contribution is 6.02. The van der Waals surface area contributed by atoms with Crippen molar-refractivity contribution in [3.05, 3.63) is 78.4 Å². The Kier molecular flexibility index (Phi) is 5.10. The number of para-hydroxylation sites is 1. The molecular weight excluding hydrogens is 350 g/mol. The third kappa shape index (κ3) is 3.62. The Morgan fingerprint density at radius 2 is 1.79 bits per heavy atom. The Morgan fingerprint density at radius 3 is 2.61 bits per heavy atom. The van der Waals surface area contributed by atoms with E-state index in [0.717, 1.165) is 17.8 Å². The number of Topliss-reactive ketones (excluding diaryl/α,β-unsaturated/α-hetero) is 1. The normalized spacial score (nSPS) is 10.9. The Labute approximate surface area is 163 Å². The molecule has 0 saturated carbocycles. The van der Waals surface area contributed by atoms with Crippen molar-refractivity contribution in [3.8, 4) is 0 Å². The monoisotopic (exact) mass is 371 g/mol. The SMILES string of the molecule is CCCC(=O)c1ccccc1Nc1ncnc2c1ncn2Cc1ccccc1. The van der Waals surface area contributed by atoms with Gasteiger partial charge >= 0.3 is 0 Å². The summed E-state index contributed by atoms with van der Waals surface area (Å²) in [4.78, 5) is 25.7. The second-order valence-corrected chi connectivity index (χ2v) is 6.60. The van der Waals surface area contributed by atoms with Gasteiger partial charge in [0.25, 0.3) is 0 Å². The van der Waals surface area contributed by atoms with Crippen LogP contribution in [0.3, 0.4) is 0 Å². The highest BCUT2D eigenvalue weighted by Gasteiger charge is 2.14. The summed E-state index contributed by atoms with van der Waals surface area (Å²) in [7, 11) is 0. The maximum absolute atomic E-state index is 12.4. The van der Waals surface area contributed by atoms with Gasteiger partial charge < -0.3 is 9.88 Å². The summed E-state index contributed by atoms with van der Waals surface area (Å²) in [6.45, 7) is 2.68. The van der Waals surface area contributed by atoms with E-state index in [9.17, 15) is 4.79 Å². The van der Waals surface area contributed by atoms with E-state index in [4.69, 9.17) is 0 Å². The van der Waals surface area contributed by atoms with Crippen molar-refractivity contribution in [3.63, 3.8) is 0 Å². The van der Waals surface area contributed by atoms with Gasteiger partial charge in [0, 0.05) is 12.0 Å². The number of imidazole rings is 1. The first-order chi connectivity index (χ1) is 13.8. The van der Waals surface area contributed by atoms with Crippen molar-refractivity contribution in [2.24, 2.45) is 0 Å². The number of benzene rings is 2. The summed E-state index contributed by atoms with van der Waals surface area (Å²) < 4.78 is 1.99. The summed E-state index contributed by atoms with van der Waals surface area (Å²) >= 11 is 0. The highest BCUT2D eigenvalue weighted by Crippen LogP contribution is 2.25. The summed E-state index contributed by atoms with van der Waals surface area (Å²) in [5, 5.41) is 3.28. The molecule has 2 aromatic carbocycles. The van der Waals surface area contributed by atoms with E-state index >= 15 is 0 Å². The third-order valence-electron chi connectivity index (χ3n) is 4.55. The Hall–Kier alpha value is -3.54. The molecule has 0 spiro atoms. The molecule has 0 saturated heterocycles. The van der Waals surface area contributed by atoms with Crippen LogP contribution >= 0.6 is 0 Å². The van der Waals surface area contributed by atoms with Crippen LogP contribution in [0.5, 0.6) is 0 Å². The minimum atomic E-state index is 0.116. The number of nitrogens with zero attached hydrogens (tertiary/aromatic N) is 4. The van der Waals surface area contributed by atoms with Crippen LogP contribution in [-0.4, -0.2) is 25.3 Å². The molecule has 2 aromatic heterocycles. The molecule has 0 bridgehead atoms. The Bertz CT molecular complexity index is 1100. The van der Waals surface area contributed by atoms with Crippen molar-refractivity contribution < 1.29 is 4.79 Å². The van der Waals surface area contributed by atoms with E-state index in [1.54, 1.807) is 6.33 Å². The van der Waals surface area contributed by atoms with E-state index in [2.05, 4.69) is 32.4 Å². The molecule has 0 fully saturated rings. The molecule has 0 radical (unpaired) electrons. The van der Waals surface area contributed by atoms with Crippen LogP contribution in [0.1, 0.15) is 35.7 Å². The first kappa shape index (κ1) is 17.9. The van der Waals surface area contributed by atoms with Crippen LogP contribution in [0.2, 0.25) is 0 Å². The molecule has 2 heterocycles. The van der Waals surface area contributed by atoms with E-state index in [-0.39, 0.29) is 5.78 Å². The average molecular weight is 371 g/mol. The first-order valence-corrected chi connectivity index (χ1v) is 9.35. The predicted octanol–water partition coefficient (Wildman–Crippen LogP) is 4.60. The van der Waals surface area contributed by atoms with Crippen molar-refractivity contribution in [1.29, 1.82) is 0 Å². The zero-order valence-corrected chi connectivity index (χ0v) is 15.7. The molecule has 4 rings (SSSR count). The van der Waals surface area contributed by atoms with Crippen LogP contribution in [-0.2, 0) is 6.54 Å². The Balaban J connectivity index is 1.67. The third-order valence-corrected chi connectivity index (χ3v) is 4.55. The fourth-order valence-corrected chi connectivity index (χ4v) is 3.19. The second-order valence-electron chi connectivity index (χ2n) is 6.60. The molecule has 28 heavy (non-hydrogen) atoms. The van der Waals surface area contributed by atoms with Crippen LogP contribution < -0.4 is 5.32 Å². The van der Waals surface area contributed by atoms with E-state index in [0.29, 0.717) is 29.9 Å². The summed E-state index contributed by atoms with van der Waals surface area (Å²) in [6, 6.07) is 17.7. The smallest absolute Gasteiger partial charge is 0.165 e. The van der Waals surface area contributed by atoms with Crippen molar-refractivity contribution in [2.45, 2.75) is 26.3 Å². The minimum absolute atomic E-state index is 0.116. The van der Waals surface area contributed by atoms with Gasteiger partial charge in [-0.1, -0.05) is 49.4 Å². The first-order valence-electron chi connectivity index (χ1n) is 9.35. The number of ketones is 1. The van der Waals surface area contributed by atoms with Gasteiger partial charge in [0.05, 0.1) is 18.6 Å². The lowest BCUT2D eigenvalue weighted by Gasteiger charge is -2.11. The maximum Gasteiger partial charge on any atom is 0.165 e. The molecule has 4 aromatic rings. The second kappa shape index (κ2) is 8.00. The minimum Gasteiger partial charge on any atom is -0.338 e. The number of hydrogen-bond donors (Lipinski definition) is 1. The van der Waals surface area contributed by atoms with Gasteiger partial charge in [-0.05, 0) is 24.1 Å². The van der Waals surface area contributed by atoms with Crippen LogP contribution in [0.25, 0.3) is 11.2 Å². The topological polar surface area (TPSA) is 72.7 Å². The van der Waals surface area contributed by atoms with Crippen molar-refractivity contribution in [1.82, 2.24) is 19.5 Å². The number of aromatic nitrogens is 4. The maximum atomic E-state index is 12.4. The quantitative estimate of drug-likeness (QED) is 0.481. The van der Waals surface area contributed by atoms with Gasteiger partial charge in [-0.2, -0.15) is 0 Å². The number of fused-ring (bicyclic) bond motifs is 1. The lowest BCUT2D eigenvalue weighted by Crippen LogP contribution is -2.05. The molecule has 140 valence electrons. The molecule has 0 atom stereocenters. The average Bonchev–Trinajstić information content (AvgIpc) is 3.13. The molecule has 0 aliphatic carbocycles. The van der Waals surface area contributed by atoms with Gasteiger partial charge in [-0.25, -0.2) is 15.0 Å². The Morgan fingerprint density at radius 1 is 1.00 bits per heavy atom. The number of carbonyl (C=O) groups excluding carboxylic acids is 1. The standard InChI is InChI=1S/C22H21N5O/c1-2-8-19(28)17-11-6-7-12-18(17)26-21-20-22(24-14-23-21)27(15-25-20)13-16-9-4-3-5-10-16/h3-7,9-12,14-15H,2,8,13H2,1H3,(H,23,24,26). The molecule has 0 unspecified atom stereocenters. The molecule has 0 aliphatic heterocycles. The van der Waals surface area contributed by atoms with E-state index in [1.165, 1.54) is 11.9 Å². The van der Waals surface area contributed by atoms with Gasteiger partial charge in [-0.3, -0.25) is 4.79 Å². The predicted molar refractivity (Wildman–Crippen MR) is 110 cm³/mol. The number of rotatable bonds is 7. The molecule has 1 N–H and O–H groups in total. The van der Waals surface area contributed by atoms with Crippen LogP contribution in [0.15, 0.2) is 67.3 Å². The highest BCUT2D eigenvalue weighted by atomic mass is 16.1.